The fraction of sp³-hybridized carbons (Fsp3) is 0.333. The molecule has 2 aliphatic rings. The first-order valence-electron chi connectivity index (χ1n) is 9.73. The summed E-state index contributed by atoms with van der Waals surface area (Å²) < 4.78 is 5.87. The molecule has 3 heterocycles. The zero-order valence-electron chi connectivity index (χ0n) is 15.5. The van der Waals surface area contributed by atoms with E-state index in [0.29, 0.717) is 6.54 Å². The van der Waals surface area contributed by atoms with Gasteiger partial charge in [0.05, 0.1) is 16.7 Å². The second-order valence-corrected chi connectivity index (χ2v) is 8.14. The third-order valence-corrected chi connectivity index (χ3v) is 6.52. The molecule has 2 unspecified atom stereocenters. The van der Waals surface area contributed by atoms with E-state index in [1.54, 1.807) is 11.5 Å². The Labute approximate surface area is 168 Å². The first-order chi connectivity index (χ1) is 13.8. The number of nitrogens with one attached hydrogen (secondary N) is 2. The number of hydrazine groups is 1. The van der Waals surface area contributed by atoms with Gasteiger partial charge in [-0.1, -0.05) is 42.5 Å². The number of benzene rings is 2. The van der Waals surface area contributed by atoms with Crippen LogP contribution in [0.15, 0.2) is 54.6 Å². The Bertz CT molecular complexity index is 967. The lowest BCUT2D eigenvalue weighted by atomic mass is 9.93. The van der Waals surface area contributed by atoms with Crippen LogP contribution in [-0.2, 0) is 4.79 Å². The van der Waals surface area contributed by atoms with E-state index in [-0.39, 0.29) is 17.9 Å². The van der Waals surface area contributed by atoms with E-state index in [0.717, 1.165) is 37.6 Å². The maximum absolute atomic E-state index is 13.2. The van der Waals surface area contributed by atoms with Crippen molar-refractivity contribution in [2.24, 2.45) is 5.92 Å². The standard InChI is InChI=1S/C21H23N5OS/c27-21(17-14-22-23-19(17)15-6-2-1-3-7-15)26-12-10-25(11-13-26)20-16-8-4-5-9-18(16)28-24-20/h1-9,17,19,22-23H,10-14H2. The summed E-state index contributed by atoms with van der Waals surface area (Å²) in [6.07, 6.45) is 0. The Hall–Kier alpha value is -2.48. The molecule has 0 bridgehead atoms. The summed E-state index contributed by atoms with van der Waals surface area (Å²) in [6.45, 7) is 3.78. The number of nitrogens with zero attached hydrogens (tertiary/aromatic N) is 3. The number of aromatic nitrogens is 1. The molecule has 2 aliphatic heterocycles. The van der Waals surface area contributed by atoms with Crippen LogP contribution in [0.3, 0.4) is 0 Å². The molecule has 2 N–H and O–H groups in total. The Morgan fingerprint density at radius 1 is 1.00 bits per heavy atom. The molecular formula is C21H23N5OS. The van der Waals surface area contributed by atoms with E-state index in [2.05, 4.69) is 50.5 Å². The predicted octanol–water partition coefficient (Wildman–Crippen LogP) is 2.41. The summed E-state index contributed by atoms with van der Waals surface area (Å²) in [6, 6.07) is 18.6. The van der Waals surface area contributed by atoms with Crippen molar-refractivity contribution in [3.05, 3.63) is 60.2 Å². The number of carbonyl (C=O) groups excluding carboxylic acids is 1. The Balaban J connectivity index is 1.27. The van der Waals surface area contributed by atoms with Gasteiger partial charge in [0.1, 0.15) is 5.82 Å². The van der Waals surface area contributed by atoms with Crippen LogP contribution in [-0.4, -0.2) is 47.9 Å². The number of anilines is 1. The van der Waals surface area contributed by atoms with Crippen molar-refractivity contribution in [1.82, 2.24) is 20.1 Å². The van der Waals surface area contributed by atoms with Crippen LogP contribution in [0.5, 0.6) is 0 Å². The maximum atomic E-state index is 13.2. The van der Waals surface area contributed by atoms with Crippen molar-refractivity contribution in [3.8, 4) is 0 Å². The minimum absolute atomic E-state index is 0.0224. The van der Waals surface area contributed by atoms with Crippen molar-refractivity contribution in [3.63, 3.8) is 0 Å². The maximum Gasteiger partial charge on any atom is 0.229 e. The highest BCUT2D eigenvalue weighted by atomic mass is 32.1. The topological polar surface area (TPSA) is 60.5 Å². The van der Waals surface area contributed by atoms with Crippen LogP contribution in [0.25, 0.3) is 10.1 Å². The third-order valence-electron chi connectivity index (χ3n) is 5.71. The molecule has 28 heavy (non-hydrogen) atoms. The number of hydrogen-bond acceptors (Lipinski definition) is 6. The monoisotopic (exact) mass is 393 g/mol. The van der Waals surface area contributed by atoms with Crippen molar-refractivity contribution >= 4 is 33.3 Å². The summed E-state index contributed by atoms with van der Waals surface area (Å²) >= 11 is 1.54. The van der Waals surface area contributed by atoms with Crippen LogP contribution < -0.4 is 15.8 Å². The van der Waals surface area contributed by atoms with Gasteiger partial charge in [-0.2, -0.15) is 4.37 Å². The van der Waals surface area contributed by atoms with E-state index in [4.69, 9.17) is 0 Å². The quantitative estimate of drug-likeness (QED) is 0.716. The molecule has 1 amide bonds. The molecule has 6 nitrogen and oxygen atoms in total. The van der Waals surface area contributed by atoms with Gasteiger partial charge in [0.2, 0.25) is 5.91 Å². The van der Waals surface area contributed by atoms with Gasteiger partial charge in [0, 0.05) is 38.1 Å². The van der Waals surface area contributed by atoms with Gasteiger partial charge in [-0.05, 0) is 29.2 Å². The van der Waals surface area contributed by atoms with Crippen LogP contribution in [0.2, 0.25) is 0 Å². The van der Waals surface area contributed by atoms with Crippen LogP contribution in [0, 0.1) is 5.92 Å². The number of hydrogen-bond donors (Lipinski definition) is 2. The molecule has 3 aromatic rings. The smallest absolute Gasteiger partial charge is 0.229 e. The summed E-state index contributed by atoms with van der Waals surface area (Å²) in [4.78, 5) is 17.5. The van der Waals surface area contributed by atoms with Gasteiger partial charge in [-0.3, -0.25) is 10.2 Å². The number of fused-ring (bicyclic) bond motifs is 1. The molecule has 5 rings (SSSR count). The fourth-order valence-corrected chi connectivity index (χ4v) is 4.97. The lowest BCUT2D eigenvalue weighted by Gasteiger charge is -2.36. The normalized spacial score (nSPS) is 22.7. The summed E-state index contributed by atoms with van der Waals surface area (Å²) in [5.74, 6) is 1.21. The Morgan fingerprint density at radius 3 is 2.57 bits per heavy atom. The highest BCUT2D eigenvalue weighted by Gasteiger charge is 2.37. The minimum atomic E-state index is -0.0750. The molecule has 0 spiro atoms. The molecule has 1 aromatic heterocycles. The predicted molar refractivity (Wildman–Crippen MR) is 112 cm³/mol. The second kappa shape index (κ2) is 7.50. The average molecular weight is 394 g/mol. The van der Waals surface area contributed by atoms with E-state index in [1.165, 1.54) is 10.1 Å². The highest BCUT2D eigenvalue weighted by Crippen LogP contribution is 2.31. The molecule has 2 aromatic carbocycles. The number of amides is 1. The molecule has 2 saturated heterocycles. The third kappa shape index (κ3) is 3.15. The van der Waals surface area contributed by atoms with Crippen LogP contribution in [0.1, 0.15) is 11.6 Å². The van der Waals surface area contributed by atoms with E-state index >= 15 is 0 Å². The number of rotatable bonds is 3. The number of carbonyl (C=O) groups is 1. The first-order valence-corrected chi connectivity index (χ1v) is 10.5. The number of piperazine rings is 1. The Kier molecular flexibility index (Phi) is 4.72. The van der Waals surface area contributed by atoms with Crippen molar-refractivity contribution in [2.45, 2.75) is 6.04 Å². The van der Waals surface area contributed by atoms with Crippen molar-refractivity contribution in [2.75, 3.05) is 37.6 Å². The zero-order valence-corrected chi connectivity index (χ0v) is 16.4. The molecule has 0 radical (unpaired) electrons. The van der Waals surface area contributed by atoms with Gasteiger partial charge < -0.3 is 9.80 Å². The van der Waals surface area contributed by atoms with Crippen molar-refractivity contribution in [1.29, 1.82) is 0 Å². The lowest BCUT2D eigenvalue weighted by molar-refractivity contribution is -0.135. The van der Waals surface area contributed by atoms with Gasteiger partial charge >= 0.3 is 0 Å². The van der Waals surface area contributed by atoms with E-state index < -0.39 is 0 Å². The van der Waals surface area contributed by atoms with Gasteiger partial charge in [-0.25, -0.2) is 5.43 Å². The Morgan fingerprint density at radius 2 is 1.75 bits per heavy atom. The minimum Gasteiger partial charge on any atom is -0.352 e. The highest BCUT2D eigenvalue weighted by molar-refractivity contribution is 7.13. The molecule has 0 saturated carbocycles. The molecule has 0 aliphatic carbocycles. The summed E-state index contributed by atoms with van der Waals surface area (Å²) in [5.41, 5.74) is 7.60. The molecule has 2 fully saturated rings. The van der Waals surface area contributed by atoms with Gasteiger partial charge in [-0.15, -0.1) is 0 Å². The molecule has 7 heteroatoms. The van der Waals surface area contributed by atoms with E-state index in [9.17, 15) is 4.79 Å². The van der Waals surface area contributed by atoms with Gasteiger partial charge in [0.15, 0.2) is 0 Å². The van der Waals surface area contributed by atoms with E-state index in [1.807, 2.05) is 29.2 Å². The average Bonchev–Trinajstić information content (AvgIpc) is 3.41. The largest absolute Gasteiger partial charge is 0.352 e. The zero-order chi connectivity index (χ0) is 18.9. The van der Waals surface area contributed by atoms with Crippen molar-refractivity contribution < 1.29 is 4.79 Å². The molecule has 2 atom stereocenters. The molecule has 144 valence electrons. The first kappa shape index (κ1) is 17.6. The van der Waals surface area contributed by atoms with Crippen LogP contribution >= 0.6 is 11.5 Å². The lowest BCUT2D eigenvalue weighted by Crippen LogP contribution is -2.51. The van der Waals surface area contributed by atoms with Crippen LogP contribution in [0.4, 0.5) is 5.82 Å². The SMILES string of the molecule is O=C(C1CNNC1c1ccccc1)N1CCN(c2nsc3ccccc23)CC1. The fourth-order valence-electron chi connectivity index (χ4n) is 4.18. The summed E-state index contributed by atoms with van der Waals surface area (Å²) in [7, 11) is 0. The van der Waals surface area contributed by atoms with Gasteiger partial charge in [0.25, 0.3) is 0 Å². The second-order valence-electron chi connectivity index (χ2n) is 7.33. The molecular weight excluding hydrogens is 370 g/mol. The summed E-state index contributed by atoms with van der Waals surface area (Å²) in [5, 5.41) is 1.21.